The Morgan fingerprint density at radius 1 is 1.44 bits per heavy atom. The quantitative estimate of drug-likeness (QED) is 0.348. The van der Waals surface area contributed by atoms with Crippen molar-refractivity contribution < 1.29 is 9.66 Å². The van der Waals surface area contributed by atoms with E-state index in [9.17, 15) is 10.1 Å². The summed E-state index contributed by atoms with van der Waals surface area (Å²) in [6.07, 6.45) is 1.63. The van der Waals surface area contributed by atoms with Gasteiger partial charge in [0.2, 0.25) is 0 Å². The van der Waals surface area contributed by atoms with E-state index in [2.05, 4.69) is 15.9 Å². The Bertz CT molecular complexity index is 373. The van der Waals surface area contributed by atoms with Crippen LogP contribution in [-0.2, 0) is 0 Å². The second-order valence-corrected chi connectivity index (χ2v) is 4.41. The first-order valence-corrected chi connectivity index (χ1v) is 6.10. The lowest BCUT2D eigenvalue weighted by Crippen LogP contribution is -2.00. The largest absolute Gasteiger partial charge is 0.487 e. The number of alkyl halides is 1. The number of benzene rings is 1. The molecular weight excluding hydrogens is 297 g/mol. The van der Waals surface area contributed by atoms with Crippen LogP contribution in [0.1, 0.15) is 12.8 Å². The summed E-state index contributed by atoms with van der Waals surface area (Å²) in [4.78, 5) is 10.3. The van der Waals surface area contributed by atoms with E-state index in [1.807, 2.05) is 0 Å². The average Bonchev–Trinajstić information content (AvgIpc) is 2.26. The van der Waals surface area contributed by atoms with Crippen LogP contribution in [0.15, 0.2) is 22.7 Å². The monoisotopic (exact) mass is 307 g/mol. The summed E-state index contributed by atoms with van der Waals surface area (Å²) >= 11 is 8.70. The number of ether oxygens (including phenoxy) is 1. The van der Waals surface area contributed by atoms with Crippen LogP contribution in [0.4, 0.5) is 5.69 Å². The van der Waals surface area contributed by atoms with Crippen LogP contribution in [0.5, 0.6) is 5.75 Å². The van der Waals surface area contributed by atoms with Crippen molar-refractivity contribution in [1.82, 2.24) is 0 Å². The number of hydrogen-bond donors (Lipinski definition) is 0. The fourth-order valence-electron chi connectivity index (χ4n) is 1.13. The zero-order valence-corrected chi connectivity index (χ0v) is 10.8. The molecule has 0 heterocycles. The lowest BCUT2D eigenvalue weighted by Gasteiger charge is -2.06. The molecule has 0 spiro atoms. The van der Waals surface area contributed by atoms with Crippen molar-refractivity contribution in [2.45, 2.75) is 12.8 Å². The van der Waals surface area contributed by atoms with Crippen LogP contribution in [0.25, 0.3) is 0 Å². The molecule has 0 aliphatic rings. The highest BCUT2D eigenvalue weighted by atomic mass is 79.9. The van der Waals surface area contributed by atoms with Crippen molar-refractivity contribution in [2.24, 2.45) is 0 Å². The number of nitrogens with zero attached hydrogens (tertiary/aromatic N) is 1. The fraction of sp³-hybridized carbons (Fsp3) is 0.400. The summed E-state index contributed by atoms with van der Waals surface area (Å²) in [5, 5.41) is 10.7. The second kappa shape index (κ2) is 6.70. The van der Waals surface area contributed by atoms with E-state index in [1.54, 1.807) is 12.1 Å². The van der Waals surface area contributed by atoms with Gasteiger partial charge in [-0.3, -0.25) is 10.1 Å². The first kappa shape index (κ1) is 13.3. The van der Waals surface area contributed by atoms with Gasteiger partial charge < -0.3 is 4.74 Å². The van der Waals surface area contributed by atoms with E-state index < -0.39 is 4.92 Å². The number of halogens is 2. The van der Waals surface area contributed by atoms with Gasteiger partial charge in [-0.1, -0.05) is 15.9 Å². The van der Waals surface area contributed by atoms with Crippen molar-refractivity contribution in [2.75, 3.05) is 12.5 Å². The van der Waals surface area contributed by atoms with Gasteiger partial charge >= 0.3 is 5.69 Å². The third kappa shape index (κ3) is 3.98. The van der Waals surface area contributed by atoms with Crippen LogP contribution in [-0.4, -0.2) is 17.4 Å². The van der Waals surface area contributed by atoms with Gasteiger partial charge in [-0.15, -0.1) is 11.6 Å². The van der Waals surface area contributed by atoms with Gasteiger partial charge in [0, 0.05) is 16.4 Å². The van der Waals surface area contributed by atoms with Crippen LogP contribution in [0.2, 0.25) is 0 Å². The van der Waals surface area contributed by atoms with E-state index in [-0.39, 0.29) is 5.69 Å². The Hall–Kier alpha value is -0.810. The summed E-state index contributed by atoms with van der Waals surface area (Å²) in [5.41, 5.74) is -0.0275. The minimum atomic E-state index is -0.457. The SMILES string of the molecule is O=[N+]([O-])c1cc(Br)ccc1OCCCCCl. The predicted molar refractivity (Wildman–Crippen MR) is 66.2 cm³/mol. The molecule has 0 aromatic heterocycles. The summed E-state index contributed by atoms with van der Waals surface area (Å²) in [7, 11) is 0. The van der Waals surface area contributed by atoms with Crippen LogP contribution >= 0.6 is 27.5 Å². The fourth-order valence-corrected chi connectivity index (χ4v) is 1.67. The van der Waals surface area contributed by atoms with Crippen molar-refractivity contribution in [1.29, 1.82) is 0 Å². The molecule has 16 heavy (non-hydrogen) atoms. The molecule has 0 aliphatic carbocycles. The molecule has 0 bridgehead atoms. The maximum Gasteiger partial charge on any atom is 0.312 e. The molecule has 0 saturated carbocycles. The van der Waals surface area contributed by atoms with Gasteiger partial charge in [-0.05, 0) is 25.0 Å². The molecule has 0 unspecified atom stereocenters. The summed E-state index contributed by atoms with van der Waals surface area (Å²) in [5.74, 6) is 0.869. The lowest BCUT2D eigenvalue weighted by molar-refractivity contribution is -0.385. The molecule has 0 N–H and O–H groups in total. The highest BCUT2D eigenvalue weighted by molar-refractivity contribution is 9.10. The molecule has 0 saturated heterocycles. The molecule has 0 amide bonds. The first-order valence-electron chi connectivity index (χ1n) is 4.78. The molecule has 0 atom stereocenters. The van der Waals surface area contributed by atoms with Crippen LogP contribution < -0.4 is 4.74 Å². The molecule has 4 nitrogen and oxygen atoms in total. The zero-order chi connectivity index (χ0) is 12.0. The minimum absolute atomic E-state index is 0.0275. The molecule has 6 heteroatoms. The highest BCUT2D eigenvalue weighted by Gasteiger charge is 2.15. The molecule has 0 radical (unpaired) electrons. The minimum Gasteiger partial charge on any atom is -0.487 e. The summed E-state index contributed by atoms with van der Waals surface area (Å²) in [6.45, 7) is 0.440. The van der Waals surface area contributed by atoms with Crippen molar-refractivity contribution in [3.8, 4) is 5.75 Å². The van der Waals surface area contributed by atoms with Crippen LogP contribution in [0.3, 0.4) is 0 Å². The maximum atomic E-state index is 10.7. The highest BCUT2D eigenvalue weighted by Crippen LogP contribution is 2.30. The van der Waals surface area contributed by atoms with Gasteiger partial charge in [0.25, 0.3) is 0 Å². The van der Waals surface area contributed by atoms with Gasteiger partial charge in [0.15, 0.2) is 5.75 Å². The molecular formula is C10H11BrClNO3. The Labute approximate surface area is 107 Å². The number of rotatable bonds is 6. The van der Waals surface area contributed by atoms with Crippen LogP contribution in [0, 0.1) is 10.1 Å². The Morgan fingerprint density at radius 2 is 2.19 bits per heavy atom. The van der Waals surface area contributed by atoms with Crippen molar-refractivity contribution in [3.05, 3.63) is 32.8 Å². The van der Waals surface area contributed by atoms with Crippen molar-refractivity contribution in [3.63, 3.8) is 0 Å². The Morgan fingerprint density at radius 3 is 2.81 bits per heavy atom. The molecule has 1 rings (SSSR count). The topological polar surface area (TPSA) is 52.4 Å². The number of unbranched alkanes of at least 4 members (excludes halogenated alkanes) is 1. The van der Waals surface area contributed by atoms with E-state index in [1.165, 1.54) is 6.07 Å². The lowest BCUT2D eigenvalue weighted by atomic mass is 10.3. The number of nitro benzene ring substituents is 1. The first-order chi connectivity index (χ1) is 7.65. The Balaban J connectivity index is 2.67. The number of nitro groups is 1. The Kier molecular flexibility index (Phi) is 5.55. The van der Waals surface area contributed by atoms with E-state index >= 15 is 0 Å². The van der Waals surface area contributed by atoms with Gasteiger partial charge in [-0.2, -0.15) is 0 Å². The molecule has 1 aromatic carbocycles. The second-order valence-electron chi connectivity index (χ2n) is 3.11. The summed E-state index contributed by atoms with van der Waals surface area (Å²) in [6, 6.07) is 4.73. The maximum absolute atomic E-state index is 10.7. The normalized spacial score (nSPS) is 10.1. The summed E-state index contributed by atoms with van der Waals surface area (Å²) < 4.78 is 5.99. The molecule has 1 aromatic rings. The van der Waals surface area contributed by atoms with Gasteiger partial charge in [0.1, 0.15) is 0 Å². The van der Waals surface area contributed by atoms with Gasteiger partial charge in [0.05, 0.1) is 11.5 Å². The van der Waals surface area contributed by atoms with E-state index in [0.717, 1.165) is 12.8 Å². The predicted octanol–water partition coefficient (Wildman–Crippen LogP) is 3.76. The van der Waals surface area contributed by atoms with Gasteiger partial charge in [-0.25, -0.2) is 0 Å². The van der Waals surface area contributed by atoms with E-state index in [4.69, 9.17) is 16.3 Å². The molecule has 0 fully saturated rings. The standard InChI is InChI=1S/C10H11BrClNO3/c11-8-3-4-10(9(7-8)13(14)15)16-6-2-1-5-12/h3-4,7H,1-2,5-6H2. The zero-order valence-electron chi connectivity index (χ0n) is 8.49. The smallest absolute Gasteiger partial charge is 0.312 e. The molecule has 0 aliphatic heterocycles. The average molecular weight is 309 g/mol. The number of hydrogen-bond acceptors (Lipinski definition) is 3. The third-order valence-corrected chi connectivity index (χ3v) is 2.66. The molecule has 88 valence electrons. The van der Waals surface area contributed by atoms with Crippen molar-refractivity contribution >= 4 is 33.2 Å². The third-order valence-electron chi connectivity index (χ3n) is 1.90. The van der Waals surface area contributed by atoms with E-state index in [0.29, 0.717) is 22.7 Å².